The first-order chi connectivity index (χ1) is 14.1. The standard InChI is InChI=1S/C21H28F5N3O/c1-15(30)14-28-6-3-16(4-7-28)2-5-27-8-10-29(11-9-27)17-12-18(22)20(19(23)13-17)21(24,25)26/h12-13,16H,2-11,14H2,1H3. The number of benzene rings is 1. The molecule has 0 radical (unpaired) electrons. The molecule has 0 saturated carbocycles. The first kappa shape index (κ1) is 22.9. The molecule has 2 aliphatic rings. The fraction of sp³-hybridized carbons (Fsp3) is 0.667. The Hall–Kier alpha value is -1.74. The Morgan fingerprint density at radius 3 is 2.03 bits per heavy atom. The van der Waals surface area contributed by atoms with E-state index in [-0.39, 0.29) is 11.5 Å². The number of carbonyl (C=O) groups is 1. The summed E-state index contributed by atoms with van der Waals surface area (Å²) in [6.07, 6.45) is -1.82. The number of ketones is 1. The van der Waals surface area contributed by atoms with Crippen LogP contribution in [0.1, 0.15) is 31.7 Å². The average Bonchev–Trinajstić information content (AvgIpc) is 2.66. The molecule has 4 nitrogen and oxygen atoms in total. The van der Waals surface area contributed by atoms with E-state index in [2.05, 4.69) is 9.80 Å². The number of alkyl halides is 3. The molecule has 2 saturated heterocycles. The van der Waals surface area contributed by atoms with Gasteiger partial charge in [-0.3, -0.25) is 14.6 Å². The molecule has 0 amide bonds. The number of likely N-dealkylation sites (tertiary alicyclic amines) is 1. The van der Waals surface area contributed by atoms with E-state index in [1.165, 1.54) is 0 Å². The van der Waals surface area contributed by atoms with Crippen molar-refractivity contribution in [3.63, 3.8) is 0 Å². The van der Waals surface area contributed by atoms with Crippen molar-refractivity contribution >= 4 is 11.5 Å². The topological polar surface area (TPSA) is 26.8 Å². The van der Waals surface area contributed by atoms with Crippen LogP contribution in [0.4, 0.5) is 27.6 Å². The SMILES string of the molecule is CC(=O)CN1CCC(CCN2CCN(c3cc(F)c(C(F)(F)F)c(F)c3)CC2)CC1. The molecule has 2 aliphatic heterocycles. The van der Waals surface area contributed by atoms with Crippen LogP contribution in [0.2, 0.25) is 0 Å². The molecular formula is C21H28F5N3O. The van der Waals surface area contributed by atoms with Crippen molar-refractivity contribution < 1.29 is 26.7 Å². The third kappa shape index (κ3) is 5.91. The molecule has 0 unspecified atom stereocenters. The molecule has 0 aliphatic carbocycles. The number of nitrogens with zero attached hydrogens (tertiary/aromatic N) is 3. The van der Waals surface area contributed by atoms with E-state index in [1.54, 1.807) is 11.8 Å². The number of halogens is 5. The Morgan fingerprint density at radius 1 is 0.967 bits per heavy atom. The summed E-state index contributed by atoms with van der Waals surface area (Å²) in [7, 11) is 0. The van der Waals surface area contributed by atoms with E-state index in [4.69, 9.17) is 0 Å². The highest BCUT2D eigenvalue weighted by Gasteiger charge is 2.38. The van der Waals surface area contributed by atoms with Gasteiger partial charge in [-0.15, -0.1) is 0 Å². The second kappa shape index (κ2) is 9.60. The summed E-state index contributed by atoms with van der Waals surface area (Å²) in [5.41, 5.74) is -1.69. The number of hydrogen-bond donors (Lipinski definition) is 0. The number of anilines is 1. The van der Waals surface area contributed by atoms with E-state index in [0.29, 0.717) is 38.6 Å². The Balaban J connectivity index is 1.45. The van der Waals surface area contributed by atoms with E-state index in [0.717, 1.165) is 51.0 Å². The number of hydrogen-bond acceptors (Lipinski definition) is 4. The summed E-state index contributed by atoms with van der Waals surface area (Å²) in [4.78, 5) is 17.4. The maximum Gasteiger partial charge on any atom is 0.422 e. The number of piperazine rings is 1. The van der Waals surface area contributed by atoms with Crippen LogP contribution in [0.15, 0.2) is 12.1 Å². The predicted octanol–water partition coefficient (Wildman–Crippen LogP) is 3.80. The van der Waals surface area contributed by atoms with Gasteiger partial charge >= 0.3 is 6.18 Å². The summed E-state index contributed by atoms with van der Waals surface area (Å²) in [6.45, 7) is 7.40. The Morgan fingerprint density at radius 2 is 1.53 bits per heavy atom. The fourth-order valence-corrected chi connectivity index (χ4v) is 4.36. The predicted molar refractivity (Wildman–Crippen MR) is 104 cm³/mol. The van der Waals surface area contributed by atoms with Crippen LogP contribution in [0.5, 0.6) is 0 Å². The minimum absolute atomic E-state index is 0.149. The summed E-state index contributed by atoms with van der Waals surface area (Å²) in [6, 6.07) is 1.55. The minimum atomic E-state index is -5.05. The zero-order valence-electron chi connectivity index (χ0n) is 17.1. The summed E-state index contributed by atoms with van der Waals surface area (Å²) in [5, 5.41) is 0. The van der Waals surface area contributed by atoms with E-state index in [9.17, 15) is 26.7 Å². The Kier molecular flexibility index (Phi) is 7.34. The largest absolute Gasteiger partial charge is 0.422 e. The van der Waals surface area contributed by atoms with Gasteiger partial charge in [0.25, 0.3) is 0 Å². The summed E-state index contributed by atoms with van der Waals surface area (Å²) < 4.78 is 65.9. The fourth-order valence-electron chi connectivity index (χ4n) is 4.36. The first-order valence-electron chi connectivity index (χ1n) is 10.4. The highest BCUT2D eigenvalue weighted by Crippen LogP contribution is 2.35. The lowest BCUT2D eigenvalue weighted by Gasteiger charge is -2.37. The molecule has 168 valence electrons. The number of rotatable bonds is 6. The summed E-state index contributed by atoms with van der Waals surface area (Å²) >= 11 is 0. The van der Waals surface area contributed by atoms with E-state index < -0.39 is 23.4 Å². The molecule has 2 fully saturated rings. The number of Topliss-reactive ketones (excluding diaryl/α,β-unsaturated/α-hetero) is 1. The molecule has 0 atom stereocenters. The highest BCUT2D eigenvalue weighted by molar-refractivity contribution is 5.77. The molecule has 1 aromatic rings. The molecule has 0 N–H and O–H groups in total. The van der Waals surface area contributed by atoms with Crippen LogP contribution in [-0.2, 0) is 11.0 Å². The first-order valence-corrected chi connectivity index (χ1v) is 10.4. The normalized spacial score (nSPS) is 20.0. The number of piperidine rings is 1. The van der Waals surface area contributed by atoms with Gasteiger partial charge in [0.05, 0.1) is 6.54 Å². The van der Waals surface area contributed by atoms with Crippen LogP contribution >= 0.6 is 0 Å². The Labute approximate surface area is 173 Å². The van der Waals surface area contributed by atoms with Crippen LogP contribution in [-0.4, -0.2) is 67.9 Å². The molecule has 9 heteroatoms. The van der Waals surface area contributed by atoms with Gasteiger partial charge in [0.1, 0.15) is 23.0 Å². The molecule has 0 bridgehead atoms. The summed E-state index contributed by atoms with van der Waals surface area (Å²) in [5.74, 6) is -2.32. The number of carbonyl (C=O) groups excluding carboxylic acids is 1. The van der Waals surface area contributed by atoms with Gasteiger partial charge in [-0.2, -0.15) is 13.2 Å². The Bertz CT molecular complexity index is 716. The van der Waals surface area contributed by atoms with Crippen molar-refractivity contribution in [2.75, 3.05) is 57.3 Å². The molecular weight excluding hydrogens is 405 g/mol. The second-order valence-corrected chi connectivity index (χ2v) is 8.32. The van der Waals surface area contributed by atoms with Crippen molar-refractivity contribution in [1.29, 1.82) is 0 Å². The smallest absolute Gasteiger partial charge is 0.369 e. The molecule has 0 aromatic heterocycles. The molecule has 1 aromatic carbocycles. The maximum absolute atomic E-state index is 13.8. The van der Waals surface area contributed by atoms with Crippen molar-refractivity contribution in [2.24, 2.45) is 5.92 Å². The quantitative estimate of drug-likeness (QED) is 0.638. The zero-order valence-corrected chi connectivity index (χ0v) is 17.1. The van der Waals surface area contributed by atoms with E-state index in [1.807, 2.05) is 0 Å². The van der Waals surface area contributed by atoms with Crippen molar-refractivity contribution in [3.05, 3.63) is 29.3 Å². The minimum Gasteiger partial charge on any atom is -0.369 e. The van der Waals surface area contributed by atoms with Crippen LogP contribution in [0.3, 0.4) is 0 Å². The van der Waals surface area contributed by atoms with Gasteiger partial charge in [-0.1, -0.05) is 0 Å². The second-order valence-electron chi connectivity index (χ2n) is 8.32. The van der Waals surface area contributed by atoms with E-state index >= 15 is 0 Å². The lowest BCUT2D eigenvalue weighted by Crippen LogP contribution is -2.47. The molecule has 2 heterocycles. The molecule has 3 rings (SSSR count). The highest BCUT2D eigenvalue weighted by atomic mass is 19.4. The maximum atomic E-state index is 13.8. The lowest BCUT2D eigenvalue weighted by atomic mass is 9.93. The van der Waals surface area contributed by atoms with Crippen molar-refractivity contribution in [1.82, 2.24) is 9.80 Å². The lowest BCUT2D eigenvalue weighted by molar-refractivity contribution is -0.142. The van der Waals surface area contributed by atoms with Gasteiger partial charge in [-0.05, 0) is 63.9 Å². The van der Waals surface area contributed by atoms with Crippen LogP contribution in [0.25, 0.3) is 0 Å². The average molecular weight is 433 g/mol. The van der Waals surface area contributed by atoms with Crippen molar-refractivity contribution in [3.8, 4) is 0 Å². The van der Waals surface area contributed by atoms with Gasteiger partial charge in [0, 0.05) is 31.9 Å². The van der Waals surface area contributed by atoms with Gasteiger partial charge in [0.2, 0.25) is 0 Å². The van der Waals surface area contributed by atoms with Gasteiger partial charge in [0.15, 0.2) is 0 Å². The van der Waals surface area contributed by atoms with Crippen molar-refractivity contribution in [2.45, 2.75) is 32.4 Å². The third-order valence-electron chi connectivity index (χ3n) is 6.05. The van der Waals surface area contributed by atoms with Gasteiger partial charge in [-0.25, -0.2) is 8.78 Å². The zero-order chi connectivity index (χ0) is 21.9. The molecule has 30 heavy (non-hydrogen) atoms. The third-order valence-corrected chi connectivity index (χ3v) is 6.05. The van der Waals surface area contributed by atoms with Crippen LogP contribution in [0, 0.1) is 17.6 Å². The van der Waals surface area contributed by atoms with Gasteiger partial charge < -0.3 is 4.90 Å². The molecule has 0 spiro atoms. The monoisotopic (exact) mass is 433 g/mol. The van der Waals surface area contributed by atoms with Crippen LogP contribution < -0.4 is 4.90 Å².